The lowest BCUT2D eigenvalue weighted by molar-refractivity contribution is 0.0941. The fraction of sp³-hybridized carbons (Fsp3) is 0.182. The minimum absolute atomic E-state index is 0.116. The Kier molecular flexibility index (Phi) is 3.57. The van der Waals surface area contributed by atoms with Crippen LogP contribution in [0.2, 0.25) is 10.0 Å². The number of nitrogens with one attached hydrogen (secondary N) is 2. The number of fused-ring (bicyclic) bond motifs is 1. The predicted molar refractivity (Wildman–Crippen MR) is 67.7 cm³/mol. The summed E-state index contributed by atoms with van der Waals surface area (Å²) in [6.07, 6.45) is 0. The van der Waals surface area contributed by atoms with E-state index in [0.29, 0.717) is 15.4 Å². The quantitative estimate of drug-likeness (QED) is 0.802. The molecule has 1 aromatic heterocycles. The summed E-state index contributed by atoms with van der Waals surface area (Å²) in [7, 11) is 0. The molecule has 4 nitrogen and oxygen atoms in total. The molecule has 17 heavy (non-hydrogen) atoms. The molecule has 1 aromatic carbocycles. The van der Waals surface area contributed by atoms with Crippen LogP contribution in [-0.2, 0) is 0 Å². The van der Waals surface area contributed by atoms with Crippen LogP contribution in [0.15, 0.2) is 18.2 Å². The molecule has 1 amide bonds. The number of aliphatic hydroxyl groups is 1. The normalized spacial score (nSPS) is 10.8. The molecule has 1 heterocycles. The number of aromatic amines is 1. The summed E-state index contributed by atoms with van der Waals surface area (Å²) in [5.41, 5.74) is 1.02. The smallest absolute Gasteiger partial charge is 0.269 e. The number of halogens is 2. The molecule has 90 valence electrons. The van der Waals surface area contributed by atoms with Gasteiger partial charge in [0.25, 0.3) is 5.91 Å². The maximum atomic E-state index is 11.7. The van der Waals surface area contributed by atoms with Crippen LogP contribution >= 0.6 is 23.2 Å². The number of benzene rings is 1. The molecular formula is C11H10Cl2N2O2. The van der Waals surface area contributed by atoms with Crippen LogP contribution in [-0.4, -0.2) is 29.1 Å². The predicted octanol–water partition coefficient (Wildman–Crippen LogP) is 2.20. The zero-order valence-corrected chi connectivity index (χ0v) is 10.3. The highest BCUT2D eigenvalue weighted by atomic mass is 35.5. The Hall–Kier alpha value is -1.23. The largest absolute Gasteiger partial charge is 0.395 e. The molecule has 0 aliphatic carbocycles. The molecule has 0 unspecified atom stereocenters. The number of hydrogen-bond donors (Lipinski definition) is 3. The summed E-state index contributed by atoms with van der Waals surface area (Å²) in [5, 5.41) is 12.7. The van der Waals surface area contributed by atoms with Gasteiger partial charge in [0.05, 0.1) is 11.6 Å². The van der Waals surface area contributed by atoms with Crippen LogP contribution in [0, 0.1) is 0 Å². The number of aromatic nitrogens is 1. The number of carbonyl (C=O) groups excluding carboxylic acids is 1. The Morgan fingerprint density at radius 1 is 1.41 bits per heavy atom. The number of aliphatic hydroxyl groups excluding tert-OH is 1. The topological polar surface area (TPSA) is 65.1 Å². The minimum atomic E-state index is -0.351. The van der Waals surface area contributed by atoms with E-state index >= 15 is 0 Å². The van der Waals surface area contributed by atoms with E-state index in [4.69, 9.17) is 28.3 Å². The summed E-state index contributed by atoms with van der Waals surface area (Å²) in [5.74, 6) is -0.351. The molecule has 0 aliphatic heterocycles. The van der Waals surface area contributed by atoms with Gasteiger partial charge in [-0.25, -0.2) is 0 Å². The SMILES string of the molecule is O=C(NCCO)c1[nH]c2ccc(Cl)cc2c1Cl. The van der Waals surface area contributed by atoms with Crippen molar-refractivity contribution in [2.75, 3.05) is 13.2 Å². The van der Waals surface area contributed by atoms with E-state index in [9.17, 15) is 4.79 Å². The van der Waals surface area contributed by atoms with Gasteiger partial charge in [0.15, 0.2) is 0 Å². The van der Waals surface area contributed by atoms with Gasteiger partial charge in [0.2, 0.25) is 0 Å². The standard InChI is InChI=1S/C11H10Cl2N2O2/c12-6-1-2-8-7(5-6)9(13)10(15-8)11(17)14-3-4-16/h1-2,5,15-16H,3-4H2,(H,14,17). The summed E-state index contributed by atoms with van der Waals surface area (Å²) in [6.45, 7) is 0.0701. The molecule has 2 aromatic rings. The molecule has 0 atom stereocenters. The molecule has 0 spiro atoms. The Morgan fingerprint density at radius 2 is 2.18 bits per heavy atom. The van der Waals surface area contributed by atoms with E-state index in [1.807, 2.05) is 0 Å². The second-order valence-corrected chi connectivity index (χ2v) is 4.30. The van der Waals surface area contributed by atoms with E-state index in [1.54, 1.807) is 18.2 Å². The molecule has 6 heteroatoms. The fourth-order valence-corrected chi connectivity index (χ4v) is 2.01. The van der Waals surface area contributed by atoms with Gasteiger partial charge in [-0.3, -0.25) is 4.79 Å². The van der Waals surface area contributed by atoms with E-state index in [1.165, 1.54) is 0 Å². The van der Waals surface area contributed by atoms with Gasteiger partial charge in [-0.05, 0) is 18.2 Å². The van der Waals surface area contributed by atoms with Gasteiger partial charge in [-0.1, -0.05) is 23.2 Å². The molecule has 0 saturated carbocycles. The number of rotatable bonds is 3. The Labute approximate surface area is 108 Å². The zero-order chi connectivity index (χ0) is 12.4. The van der Waals surface area contributed by atoms with Crippen molar-refractivity contribution in [3.63, 3.8) is 0 Å². The molecule has 3 N–H and O–H groups in total. The van der Waals surface area contributed by atoms with Crippen LogP contribution in [0.5, 0.6) is 0 Å². The van der Waals surface area contributed by atoms with Crippen molar-refractivity contribution >= 4 is 40.0 Å². The summed E-state index contributed by atoms with van der Waals surface area (Å²) < 4.78 is 0. The lowest BCUT2D eigenvalue weighted by Gasteiger charge is -2.00. The summed E-state index contributed by atoms with van der Waals surface area (Å²) >= 11 is 11.9. The molecule has 0 bridgehead atoms. The van der Waals surface area contributed by atoms with Crippen molar-refractivity contribution in [3.05, 3.63) is 33.9 Å². The first-order valence-electron chi connectivity index (χ1n) is 4.99. The minimum Gasteiger partial charge on any atom is -0.395 e. The highest BCUT2D eigenvalue weighted by Crippen LogP contribution is 2.29. The second-order valence-electron chi connectivity index (χ2n) is 3.48. The van der Waals surface area contributed by atoms with Gasteiger partial charge >= 0.3 is 0 Å². The van der Waals surface area contributed by atoms with Gasteiger partial charge in [-0.2, -0.15) is 0 Å². The average molecular weight is 273 g/mol. The Bertz CT molecular complexity index is 566. The van der Waals surface area contributed by atoms with Gasteiger partial charge in [0, 0.05) is 22.5 Å². The van der Waals surface area contributed by atoms with Crippen molar-refractivity contribution < 1.29 is 9.90 Å². The summed E-state index contributed by atoms with van der Waals surface area (Å²) in [6, 6.07) is 5.16. The average Bonchev–Trinajstić information content (AvgIpc) is 2.64. The first-order valence-corrected chi connectivity index (χ1v) is 5.75. The van der Waals surface area contributed by atoms with Gasteiger partial charge in [-0.15, -0.1) is 0 Å². The monoisotopic (exact) mass is 272 g/mol. The zero-order valence-electron chi connectivity index (χ0n) is 8.76. The Balaban J connectivity index is 2.42. The van der Waals surface area contributed by atoms with Crippen LogP contribution in [0.4, 0.5) is 0 Å². The van der Waals surface area contributed by atoms with Crippen molar-refractivity contribution in [1.29, 1.82) is 0 Å². The molecule has 2 rings (SSSR count). The number of amides is 1. The molecule has 0 fully saturated rings. The van der Waals surface area contributed by atoms with Gasteiger partial charge in [0.1, 0.15) is 5.69 Å². The van der Waals surface area contributed by atoms with E-state index in [-0.39, 0.29) is 24.8 Å². The maximum absolute atomic E-state index is 11.7. The lowest BCUT2D eigenvalue weighted by Crippen LogP contribution is -2.26. The van der Waals surface area contributed by atoms with Crippen LogP contribution < -0.4 is 5.32 Å². The second kappa shape index (κ2) is 4.96. The van der Waals surface area contributed by atoms with E-state index in [2.05, 4.69) is 10.3 Å². The lowest BCUT2D eigenvalue weighted by atomic mass is 10.2. The van der Waals surface area contributed by atoms with Crippen LogP contribution in [0.1, 0.15) is 10.5 Å². The highest BCUT2D eigenvalue weighted by molar-refractivity contribution is 6.39. The molecule has 0 aliphatic rings. The first kappa shape index (κ1) is 12.2. The van der Waals surface area contributed by atoms with Crippen LogP contribution in [0.3, 0.4) is 0 Å². The van der Waals surface area contributed by atoms with Crippen molar-refractivity contribution in [1.82, 2.24) is 10.3 Å². The third-order valence-electron chi connectivity index (χ3n) is 2.32. The highest BCUT2D eigenvalue weighted by Gasteiger charge is 2.15. The molecular weight excluding hydrogens is 263 g/mol. The molecule has 0 saturated heterocycles. The Morgan fingerprint density at radius 3 is 2.88 bits per heavy atom. The number of hydrogen-bond acceptors (Lipinski definition) is 2. The fourth-order valence-electron chi connectivity index (χ4n) is 1.55. The van der Waals surface area contributed by atoms with Crippen molar-refractivity contribution in [2.45, 2.75) is 0 Å². The third-order valence-corrected chi connectivity index (χ3v) is 2.95. The first-order chi connectivity index (χ1) is 8.13. The summed E-state index contributed by atoms with van der Waals surface area (Å²) in [4.78, 5) is 14.6. The van der Waals surface area contributed by atoms with E-state index in [0.717, 1.165) is 5.52 Å². The van der Waals surface area contributed by atoms with Crippen LogP contribution in [0.25, 0.3) is 10.9 Å². The number of carbonyl (C=O) groups is 1. The number of H-pyrrole nitrogens is 1. The van der Waals surface area contributed by atoms with Crippen molar-refractivity contribution in [3.8, 4) is 0 Å². The third kappa shape index (κ3) is 2.39. The van der Waals surface area contributed by atoms with Gasteiger partial charge < -0.3 is 15.4 Å². The van der Waals surface area contributed by atoms with Crippen molar-refractivity contribution in [2.24, 2.45) is 0 Å². The maximum Gasteiger partial charge on any atom is 0.269 e. The van der Waals surface area contributed by atoms with E-state index < -0.39 is 0 Å². The molecule has 0 radical (unpaired) electrons.